The monoisotopic (exact) mass is 315 g/mol. The SMILES string of the molecule is Cl.NC(CCO)c1cc(Cl)cc(Br)c1O. The molecule has 1 aromatic rings. The van der Waals surface area contributed by atoms with E-state index in [9.17, 15) is 5.11 Å². The maximum Gasteiger partial charge on any atom is 0.134 e. The Morgan fingerprint density at radius 1 is 1.47 bits per heavy atom. The standard InChI is InChI=1S/C9H11BrClNO2.ClH/c10-7-4-5(11)3-6(9(7)14)8(12)1-2-13;/h3-4,8,13-14H,1-2,12H2;1H. The van der Waals surface area contributed by atoms with Crippen LogP contribution < -0.4 is 5.73 Å². The van der Waals surface area contributed by atoms with Gasteiger partial charge in [-0.25, -0.2) is 0 Å². The zero-order valence-corrected chi connectivity index (χ0v) is 10.9. The van der Waals surface area contributed by atoms with E-state index in [2.05, 4.69) is 15.9 Å². The molecule has 0 spiro atoms. The summed E-state index contributed by atoms with van der Waals surface area (Å²) in [4.78, 5) is 0. The van der Waals surface area contributed by atoms with Crippen molar-refractivity contribution in [2.75, 3.05) is 6.61 Å². The summed E-state index contributed by atoms with van der Waals surface area (Å²) in [5.74, 6) is 0.0790. The molecule has 0 fully saturated rings. The Morgan fingerprint density at radius 3 is 2.60 bits per heavy atom. The van der Waals surface area contributed by atoms with Gasteiger partial charge in [0.2, 0.25) is 0 Å². The summed E-state index contributed by atoms with van der Waals surface area (Å²) in [6.07, 6.45) is 0.389. The number of aliphatic hydroxyl groups excluding tert-OH is 1. The third kappa shape index (κ3) is 3.81. The zero-order chi connectivity index (χ0) is 10.7. The predicted molar refractivity (Wildman–Crippen MR) is 66.7 cm³/mol. The second kappa shape index (κ2) is 6.55. The van der Waals surface area contributed by atoms with E-state index in [4.69, 9.17) is 22.4 Å². The van der Waals surface area contributed by atoms with E-state index < -0.39 is 6.04 Å². The summed E-state index contributed by atoms with van der Waals surface area (Å²) < 4.78 is 0.508. The van der Waals surface area contributed by atoms with Gasteiger partial charge in [-0.3, -0.25) is 0 Å². The predicted octanol–water partition coefficient (Wildman–Crippen LogP) is 2.61. The number of aromatic hydroxyl groups is 1. The number of rotatable bonds is 3. The van der Waals surface area contributed by atoms with E-state index in [0.717, 1.165) is 0 Å². The number of halogens is 3. The van der Waals surface area contributed by atoms with Gasteiger partial charge in [-0.2, -0.15) is 0 Å². The summed E-state index contributed by atoms with van der Waals surface area (Å²) in [5.41, 5.74) is 6.28. The topological polar surface area (TPSA) is 66.5 Å². The number of hydrogen-bond acceptors (Lipinski definition) is 3. The summed E-state index contributed by atoms with van der Waals surface area (Å²) in [6, 6.07) is 2.78. The Hall–Kier alpha value is -0.000000000000000111. The molecular weight excluding hydrogens is 305 g/mol. The van der Waals surface area contributed by atoms with Crippen LogP contribution in [0.5, 0.6) is 5.75 Å². The molecular formula is C9H12BrCl2NO2. The number of phenolic OH excluding ortho intramolecular Hbond substituents is 1. The van der Waals surface area contributed by atoms with Gasteiger partial charge in [-0.05, 0) is 34.5 Å². The first-order valence-corrected chi connectivity index (χ1v) is 5.27. The van der Waals surface area contributed by atoms with Crippen molar-refractivity contribution in [1.82, 2.24) is 0 Å². The van der Waals surface area contributed by atoms with Crippen molar-refractivity contribution in [3.8, 4) is 5.75 Å². The van der Waals surface area contributed by atoms with Gasteiger partial charge in [-0.15, -0.1) is 12.4 Å². The van der Waals surface area contributed by atoms with Crippen LogP contribution in [0.25, 0.3) is 0 Å². The average Bonchev–Trinajstić information content (AvgIpc) is 2.11. The second-order valence-electron chi connectivity index (χ2n) is 2.94. The van der Waals surface area contributed by atoms with Crippen molar-refractivity contribution in [2.24, 2.45) is 5.73 Å². The lowest BCUT2D eigenvalue weighted by Gasteiger charge is -2.13. The third-order valence-electron chi connectivity index (χ3n) is 1.90. The third-order valence-corrected chi connectivity index (χ3v) is 2.72. The maximum atomic E-state index is 9.65. The quantitative estimate of drug-likeness (QED) is 0.803. The van der Waals surface area contributed by atoms with Crippen LogP contribution in [0.15, 0.2) is 16.6 Å². The van der Waals surface area contributed by atoms with Crippen molar-refractivity contribution in [1.29, 1.82) is 0 Å². The minimum absolute atomic E-state index is 0. The average molecular weight is 317 g/mol. The van der Waals surface area contributed by atoms with Crippen molar-refractivity contribution in [3.63, 3.8) is 0 Å². The summed E-state index contributed by atoms with van der Waals surface area (Å²) in [6.45, 7) is -0.0231. The normalized spacial score (nSPS) is 12.0. The van der Waals surface area contributed by atoms with Crippen LogP contribution in [0, 0.1) is 0 Å². The number of nitrogens with two attached hydrogens (primary N) is 1. The highest BCUT2D eigenvalue weighted by atomic mass is 79.9. The molecule has 3 nitrogen and oxygen atoms in total. The molecule has 86 valence electrons. The summed E-state index contributed by atoms with van der Waals surface area (Å²) >= 11 is 8.97. The van der Waals surface area contributed by atoms with Crippen LogP contribution >= 0.6 is 39.9 Å². The van der Waals surface area contributed by atoms with Crippen molar-refractivity contribution < 1.29 is 10.2 Å². The van der Waals surface area contributed by atoms with Gasteiger partial charge < -0.3 is 15.9 Å². The van der Waals surface area contributed by atoms with Crippen LogP contribution in [-0.4, -0.2) is 16.8 Å². The first-order chi connectivity index (χ1) is 6.56. The molecule has 0 aliphatic rings. The van der Waals surface area contributed by atoms with E-state index in [0.29, 0.717) is 21.5 Å². The number of hydrogen-bond donors (Lipinski definition) is 3. The fourth-order valence-corrected chi connectivity index (χ4v) is 2.00. The maximum absolute atomic E-state index is 9.65. The van der Waals surface area contributed by atoms with Gasteiger partial charge in [0.1, 0.15) is 5.75 Å². The Morgan fingerprint density at radius 2 is 2.07 bits per heavy atom. The molecule has 6 heteroatoms. The molecule has 0 aliphatic carbocycles. The van der Waals surface area contributed by atoms with Gasteiger partial charge in [0.25, 0.3) is 0 Å². The number of phenols is 1. The molecule has 15 heavy (non-hydrogen) atoms. The van der Waals surface area contributed by atoms with E-state index in [1.807, 2.05) is 0 Å². The molecule has 1 aromatic carbocycles. The van der Waals surface area contributed by atoms with Gasteiger partial charge in [0.15, 0.2) is 0 Å². The van der Waals surface area contributed by atoms with Crippen molar-refractivity contribution >= 4 is 39.9 Å². The Kier molecular flexibility index (Phi) is 6.55. The van der Waals surface area contributed by atoms with Crippen LogP contribution in [0.4, 0.5) is 0 Å². The lowest BCUT2D eigenvalue weighted by Crippen LogP contribution is -2.12. The van der Waals surface area contributed by atoms with Gasteiger partial charge in [0.05, 0.1) is 4.47 Å². The molecule has 0 saturated heterocycles. The smallest absolute Gasteiger partial charge is 0.134 e. The Balaban J connectivity index is 0.00000196. The fraction of sp³-hybridized carbons (Fsp3) is 0.333. The highest BCUT2D eigenvalue weighted by molar-refractivity contribution is 9.10. The molecule has 1 rings (SSSR count). The molecule has 0 aromatic heterocycles. The largest absolute Gasteiger partial charge is 0.506 e. The van der Waals surface area contributed by atoms with Crippen LogP contribution in [0.3, 0.4) is 0 Å². The van der Waals surface area contributed by atoms with Crippen LogP contribution in [-0.2, 0) is 0 Å². The molecule has 0 radical (unpaired) electrons. The highest BCUT2D eigenvalue weighted by Crippen LogP contribution is 2.35. The van der Waals surface area contributed by atoms with Crippen molar-refractivity contribution in [2.45, 2.75) is 12.5 Å². The van der Waals surface area contributed by atoms with Gasteiger partial charge in [0, 0.05) is 23.2 Å². The molecule has 0 amide bonds. The molecule has 0 heterocycles. The minimum Gasteiger partial charge on any atom is -0.506 e. The second-order valence-corrected chi connectivity index (χ2v) is 4.23. The molecule has 0 saturated carbocycles. The van der Waals surface area contributed by atoms with E-state index in [1.54, 1.807) is 12.1 Å². The summed E-state index contributed by atoms with van der Waals surface area (Å²) in [5, 5.41) is 18.9. The van der Waals surface area contributed by atoms with E-state index in [-0.39, 0.29) is 24.8 Å². The van der Waals surface area contributed by atoms with E-state index in [1.165, 1.54) is 0 Å². The highest BCUT2D eigenvalue weighted by Gasteiger charge is 2.13. The lowest BCUT2D eigenvalue weighted by molar-refractivity contribution is 0.275. The first kappa shape index (κ1) is 15.0. The molecule has 1 unspecified atom stereocenters. The number of aliphatic hydroxyl groups is 1. The molecule has 0 bridgehead atoms. The number of benzene rings is 1. The van der Waals surface area contributed by atoms with Crippen LogP contribution in [0.1, 0.15) is 18.0 Å². The minimum atomic E-state index is -0.407. The van der Waals surface area contributed by atoms with Gasteiger partial charge in [-0.1, -0.05) is 11.6 Å². The van der Waals surface area contributed by atoms with Gasteiger partial charge >= 0.3 is 0 Å². The Labute approximate surface area is 108 Å². The molecule has 0 aliphatic heterocycles. The molecule has 1 atom stereocenters. The van der Waals surface area contributed by atoms with Crippen LogP contribution in [0.2, 0.25) is 5.02 Å². The van der Waals surface area contributed by atoms with Crippen molar-refractivity contribution in [3.05, 3.63) is 27.2 Å². The fourth-order valence-electron chi connectivity index (χ4n) is 1.16. The zero-order valence-electron chi connectivity index (χ0n) is 7.78. The Bertz CT molecular complexity index is 336. The first-order valence-electron chi connectivity index (χ1n) is 4.10. The van der Waals surface area contributed by atoms with E-state index >= 15 is 0 Å². The molecule has 4 N–H and O–H groups in total. The lowest BCUT2D eigenvalue weighted by atomic mass is 10.0. The summed E-state index contributed by atoms with van der Waals surface area (Å²) in [7, 11) is 0.